The maximum Gasteiger partial charge on any atom is 0.476 e. The van der Waals surface area contributed by atoms with Crippen molar-refractivity contribution in [3.8, 4) is 23.3 Å². The van der Waals surface area contributed by atoms with E-state index in [1.54, 1.807) is 42.1 Å². The van der Waals surface area contributed by atoms with Crippen molar-refractivity contribution in [1.29, 1.82) is 5.26 Å². The molecule has 3 atom stereocenters. The minimum Gasteiger partial charge on any atom is -0.381 e. The van der Waals surface area contributed by atoms with Crippen molar-refractivity contribution >= 4 is 17.3 Å². The molecule has 3 aromatic carbocycles. The molecule has 0 amide bonds. The third kappa shape index (κ3) is 7.65. The van der Waals surface area contributed by atoms with Crippen LogP contribution in [0.1, 0.15) is 65.4 Å². The second-order valence-electron chi connectivity index (χ2n) is 12.1. The minimum atomic E-state index is -1.98. The van der Waals surface area contributed by atoms with Crippen molar-refractivity contribution in [3.63, 3.8) is 0 Å². The highest BCUT2D eigenvalue weighted by Gasteiger charge is 2.44. The Morgan fingerprint density at radius 1 is 1.15 bits per heavy atom. The number of ether oxygens (including phenoxy) is 1. The first-order valence-corrected chi connectivity index (χ1v) is 16.4. The number of aryl methyl sites for hydroxylation is 2. The van der Waals surface area contributed by atoms with Gasteiger partial charge in [0.1, 0.15) is 36.4 Å². The molecular weight excluding hydrogens is 634 g/mol. The number of rotatable bonds is 12. The maximum atomic E-state index is 15.5. The van der Waals surface area contributed by atoms with E-state index in [2.05, 4.69) is 11.2 Å². The molecule has 0 saturated carbocycles. The van der Waals surface area contributed by atoms with Gasteiger partial charge in [-0.2, -0.15) is 9.83 Å². The normalized spacial score (nSPS) is 13.8. The quantitative estimate of drug-likeness (QED) is 0.126. The number of thiazole rings is 1. The molecule has 0 aliphatic carbocycles. The Morgan fingerprint density at radius 3 is 2.50 bits per heavy atom. The number of carbonyl (C=O) groups excluding carboxylic acids is 1. The van der Waals surface area contributed by atoms with Crippen molar-refractivity contribution < 1.29 is 28.0 Å². The smallest absolute Gasteiger partial charge is 0.381 e. The lowest BCUT2D eigenvalue weighted by molar-refractivity contribution is -0.692. The van der Waals surface area contributed by atoms with E-state index in [1.807, 2.05) is 44.4 Å². The summed E-state index contributed by atoms with van der Waals surface area (Å²) in [4.78, 5) is 17.6. The van der Waals surface area contributed by atoms with Gasteiger partial charge in [-0.25, -0.2) is 18.6 Å². The lowest BCUT2D eigenvalue weighted by Gasteiger charge is -2.32. The Bertz CT molecular complexity index is 1950. The molecule has 0 spiro atoms. The van der Waals surface area contributed by atoms with Crippen molar-refractivity contribution in [3.05, 3.63) is 117 Å². The molecule has 9 nitrogen and oxygen atoms in total. The summed E-state index contributed by atoms with van der Waals surface area (Å²) in [6.45, 7) is 7.58. The van der Waals surface area contributed by atoms with Gasteiger partial charge >= 0.3 is 12.0 Å². The summed E-state index contributed by atoms with van der Waals surface area (Å²) in [5.74, 6) is -3.18. The van der Waals surface area contributed by atoms with E-state index in [0.717, 1.165) is 34.4 Å². The first-order chi connectivity index (χ1) is 22.9. The Morgan fingerprint density at radius 2 is 1.85 bits per heavy atom. The Balaban J connectivity index is 1.55. The van der Waals surface area contributed by atoms with Crippen LogP contribution < -0.4 is 15.0 Å². The lowest BCUT2D eigenvalue weighted by Crippen LogP contribution is -2.40. The van der Waals surface area contributed by atoms with Gasteiger partial charge in [-0.15, -0.1) is 16.0 Å². The van der Waals surface area contributed by atoms with Gasteiger partial charge in [-0.3, -0.25) is 0 Å². The molecule has 12 heteroatoms. The van der Waals surface area contributed by atoms with Crippen LogP contribution in [0.25, 0.3) is 11.3 Å². The SMILES string of the molecule is CCCC(N)C(=O)Oc1nn(C[C@](O)(c2ccc(F)cc2F)[C@@H](C)c2nc(-c3ccc(C#N)cc3)cs2)c[n+]1Cc1cc(C)cc(C)c1. The molecular formula is C36H37F2N6O3S+. The summed E-state index contributed by atoms with van der Waals surface area (Å²) in [6, 6.07) is 17.2. The summed E-state index contributed by atoms with van der Waals surface area (Å²) in [5.41, 5.74) is 8.85. The highest BCUT2D eigenvalue weighted by molar-refractivity contribution is 7.10. The lowest BCUT2D eigenvalue weighted by atomic mass is 9.82. The van der Waals surface area contributed by atoms with Gasteiger partial charge in [-0.1, -0.05) is 67.8 Å². The van der Waals surface area contributed by atoms with E-state index < -0.39 is 35.2 Å². The van der Waals surface area contributed by atoms with Crippen molar-refractivity contribution in [2.45, 2.75) is 71.2 Å². The number of esters is 1. The molecule has 0 radical (unpaired) electrons. The van der Waals surface area contributed by atoms with E-state index in [4.69, 9.17) is 20.7 Å². The molecule has 248 valence electrons. The van der Waals surface area contributed by atoms with E-state index in [1.165, 1.54) is 22.1 Å². The summed E-state index contributed by atoms with van der Waals surface area (Å²) in [6.07, 6.45) is 2.69. The molecule has 0 aliphatic rings. The second-order valence-corrected chi connectivity index (χ2v) is 13.0. The van der Waals surface area contributed by atoms with Crippen molar-refractivity contribution in [1.82, 2.24) is 14.8 Å². The molecule has 0 bridgehead atoms. The van der Waals surface area contributed by atoms with E-state index >= 15 is 4.39 Å². The van der Waals surface area contributed by atoms with Gasteiger partial charge in [0.05, 0.1) is 27.4 Å². The number of nitrogens with two attached hydrogens (primary N) is 1. The summed E-state index contributed by atoms with van der Waals surface area (Å²) >= 11 is 1.28. The minimum absolute atomic E-state index is 0.0438. The van der Waals surface area contributed by atoms with Gasteiger partial charge < -0.3 is 15.6 Å². The summed E-state index contributed by atoms with van der Waals surface area (Å²) in [5, 5.41) is 28.4. The maximum absolute atomic E-state index is 15.5. The van der Waals surface area contributed by atoms with E-state index in [-0.39, 0.29) is 24.7 Å². The number of carbonyl (C=O) groups is 1. The van der Waals surface area contributed by atoms with Crippen LogP contribution in [0, 0.1) is 36.8 Å². The molecule has 1 unspecified atom stereocenters. The van der Waals surface area contributed by atoms with Gasteiger partial charge in [0.25, 0.3) is 0 Å². The first-order valence-electron chi connectivity index (χ1n) is 15.5. The molecule has 5 rings (SSSR count). The molecule has 48 heavy (non-hydrogen) atoms. The number of aliphatic hydroxyl groups is 1. The van der Waals surface area contributed by atoms with Crippen LogP contribution in [0.15, 0.2) is 72.4 Å². The van der Waals surface area contributed by atoms with Crippen LogP contribution in [-0.2, 0) is 23.5 Å². The predicted molar refractivity (Wildman–Crippen MR) is 177 cm³/mol. The zero-order chi connectivity index (χ0) is 34.6. The van der Waals surface area contributed by atoms with E-state index in [9.17, 15) is 14.3 Å². The first kappa shape index (κ1) is 34.5. The highest BCUT2D eigenvalue weighted by Crippen LogP contribution is 2.41. The number of hydrogen-bond acceptors (Lipinski definition) is 8. The number of nitriles is 1. The second kappa shape index (κ2) is 14.5. The average molecular weight is 672 g/mol. The van der Waals surface area contributed by atoms with Crippen LogP contribution >= 0.6 is 11.3 Å². The molecule has 2 heterocycles. The number of hydrogen-bond donors (Lipinski definition) is 2. The van der Waals surface area contributed by atoms with Crippen LogP contribution in [-0.4, -0.2) is 31.9 Å². The third-order valence-corrected chi connectivity index (χ3v) is 9.21. The predicted octanol–water partition coefficient (Wildman–Crippen LogP) is 5.83. The van der Waals surface area contributed by atoms with Gasteiger partial charge in [0.15, 0.2) is 0 Å². The molecule has 0 aliphatic heterocycles. The van der Waals surface area contributed by atoms with E-state index in [0.29, 0.717) is 29.1 Å². The highest BCUT2D eigenvalue weighted by atomic mass is 32.1. The van der Waals surface area contributed by atoms with Crippen molar-refractivity contribution in [2.75, 3.05) is 0 Å². The van der Waals surface area contributed by atoms with Gasteiger partial charge in [-0.05, 0) is 44.0 Å². The number of aromatic nitrogens is 4. The Kier molecular flexibility index (Phi) is 10.4. The van der Waals surface area contributed by atoms with Gasteiger partial charge in [0, 0.05) is 28.5 Å². The topological polar surface area (TPSA) is 131 Å². The van der Waals surface area contributed by atoms with Crippen molar-refractivity contribution in [2.24, 2.45) is 5.73 Å². The largest absolute Gasteiger partial charge is 0.476 e. The molecule has 5 aromatic rings. The van der Waals surface area contributed by atoms with Crippen LogP contribution in [0.3, 0.4) is 0 Å². The summed E-state index contributed by atoms with van der Waals surface area (Å²) < 4.78 is 38.2. The molecule has 2 aromatic heterocycles. The molecule has 3 N–H and O–H groups in total. The fourth-order valence-electron chi connectivity index (χ4n) is 5.70. The fourth-order valence-corrected chi connectivity index (χ4v) is 6.67. The van der Waals surface area contributed by atoms with Gasteiger partial charge in [0.2, 0.25) is 6.33 Å². The zero-order valence-electron chi connectivity index (χ0n) is 27.2. The number of halogens is 2. The summed E-state index contributed by atoms with van der Waals surface area (Å²) in [7, 11) is 0. The number of nitrogens with zero attached hydrogens (tertiary/aromatic N) is 5. The fraction of sp³-hybridized carbons (Fsp3) is 0.306. The Labute approximate surface area is 281 Å². The average Bonchev–Trinajstić information content (AvgIpc) is 3.67. The molecule has 0 saturated heterocycles. The van der Waals surface area contributed by atoms with Crippen LogP contribution in [0.4, 0.5) is 8.78 Å². The number of benzene rings is 3. The standard InChI is InChI=1S/C36H37F2N6O3S/c1-5-6-31(40)34(45)47-35-42-44(21-43(35)18-26-14-22(2)13-23(3)15-26)20-36(46,29-12-11-28(37)16-30(29)38)24(4)33-41-32(19-48-33)27-9-7-25(17-39)8-10-27/h7-16,19,21,24,31,46H,5-6,18,20,40H2,1-4H3/q+1/t24-,31?,36+/m0/s1. The monoisotopic (exact) mass is 671 g/mol. The molecule has 0 fully saturated rings. The van der Waals surface area contributed by atoms with Crippen LogP contribution in [0.5, 0.6) is 6.01 Å². The zero-order valence-corrected chi connectivity index (χ0v) is 28.0. The Hall–Kier alpha value is -4.83. The third-order valence-electron chi connectivity index (χ3n) is 8.18. The van der Waals surface area contributed by atoms with Crippen LogP contribution in [0.2, 0.25) is 0 Å².